The molecule has 0 saturated carbocycles. The first-order chi connectivity index (χ1) is 14.5. The Bertz CT molecular complexity index is 1250. The van der Waals surface area contributed by atoms with Crippen LogP contribution < -0.4 is 9.80 Å². The molecule has 0 aliphatic carbocycles. The highest BCUT2D eigenvalue weighted by molar-refractivity contribution is 7.80. The Kier molecular flexibility index (Phi) is 4.55. The van der Waals surface area contributed by atoms with Gasteiger partial charge in [-0.1, -0.05) is 64.1 Å². The van der Waals surface area contributed by atoms with E-state index in [1.807, 2.05) is 10.3 Å². The lowest BCUT2D eigenvalue weighted by molar-refractivity contribution is 0.335. The quantitative estimate of drug-likeness (QED) is 0.267. The summed E-state index contributed by atoms with van der Waals surface area (Å²) >= 11 is 5.84. The Morgan fingerprint density at radius 1 is 0.871 bits per heavy atom. The Hall–Kier alpha value is -1.69. The second kappa shape index (κ2) is 6.66. The fraction of sp³-hybridized carbons (Fsp3) is 0.423. The molecule has 1 aromatic heterocycles. The standard InChI is InChI=1S/C26H30N2S3/c1-24(2)15-26(5,18-10-8-9-11-20(18)27(24)6)16-12-13-19-17(14-16)21-22(30-31-23(21)29)25(3,4)28(19)7/h8-14H,15H2,1-7H3/t26-/m1/s1. The van der Waals surface area contributed by atoms with E-state index in [4.69, 9.17) is 12.2 Å². The van der Waals surface area contributed by atoms with Crippen LogP contribution in [-0.4, -0.2) is 19.6 Å². The van der Waals surface area contributed by atoms with Crippen LogP contribution in [-0.2, 0) is 11.0 Å². The van der Waals surface area contributed by atoms with E-state index in [0.29, 0.717) is 0 Å². The van der Waals surface area contributed by atoms with E-state index >= 15 is 0 Å². The molecule has 2 aliphatic rings. The molecule has 3 aromatic rings. The normalized spacial score (nSPS) is 23.2. The van der Waals surface area contributed by atoms with Crippen molar-refractivity contribution in [1.29, 1.82) is 0 Å². The van der Waals surface area contributed by atoms with E-state index in [9.17, 15) is 0 Å². The molecule has 2 aromatic carbocycles. The second-order valence-corrected chi connectivity index (χ2v) is 13.2. The fourth-order valence-electron chi connectivity index (χ4n) is 5.62. The summed E-state index contributed by atoms with van der Waals surface area (Å²) in [4.78, 5) is 6.25. The van der Waals surface area contributed by atoms with E-state index in [2.05, 4.69) is 101 Å². The molecular formula is C26H30N2S3. The molecule has 2 aliphatic heterocycles. The molecule has 0 amide bonds. The van der Waals surface area contributed by atoms with Crippen LogP contribution in [0.25, 0.3) is 11.1 Å². The molecule has 0 bridgehead atoms. The summed E-state index contributed by atoms with van der Waals surface area (Å²) in [6, 6.07) is 16.0. The van der Waals surface area contributed by atoms with Crippen molar-refractivity contribution in [3.05, 3.63) is 62.3 Å². The van der Waals surface area contributed by atoms with Gasteiger partial charge in [0, 0.05) is 47.6 Å². The SMILES string of the molecule is CN1c2ccccc2[C@@](C)(c2ccc3c(c2)-c2c(ssc2=S)C(C)(C)N3C)CC1(C)C. The minimum atomic E-state index is -0.0611. The number of fused-ring (bicyclic) bond motifs is 4. The van der Waals surface area contributed by atoms with Gasteiger partial charge in [-0.3, -0.25) is 0 Å². The second-order valence-electron chi connectivity index (χ2n) is 10.4. The highest BCUT2D eigenvalue weighted by Gasteiger charge is 2.45. The zero-order chi connectivity index (χ0) is 22.3. The van der Waals surface area contributed by atoms with Crippen molar-refractivity contribution in [3.63, 3.8) is 0 Å². The number of nitrogens with zero attached hydrogens (tertiary/aromatic N) is 2. The van der Waals surface area contributed by atoms with Gasteiger partial charge in [-0.05, 0) is 63.4 Å². The largest absolute Gasteiger partial charge is 0.369 e. The zero-order valence-electron chi connectivity index (χ0n) is 19.4. The fourth-order valence-corrected chi connectivity index (χ4v) is 8.94. The van der Waals surface area contributed by atoms with Gasteiger partial charge in [-0.15, -0.1) is 0 Å². The molecule has 0 N–H and O–H groups in total. The van der Waals surface area contributed by atoms with Crippen molar-refractivity contribution in [1.82, 2.24) is 0 Å². The summed E-state index contributed by atoms with van der Waals surface area (Å²) in [7, 11) is 8.02. The van der Waals surface area contributed by atoms with E-state index in [0.717, 1.165) is 10.2 Å². The van der Waals surface area contributed by atoms with Crippen LogP contribution >= 0.6 is 32.9 Å². The molecule has 0 saturated heterocycles. The molecule has 0 fully saturated rings. The van der Waals surface area contributed by atoms with Crippen molar-refractivity contribution < 1.29 is 0 Å². The first kappa shape index (κ1) is 21.2. The Morgan fingerprint density at radius 3 is 2.32 bits per heavy atom. The number of anilines is 2. The van der Waals surface area contributed by atoms with Crippen LogP contribution in [0.5, 0.6) is 0 Å². The third-order valence-corrected chi connectivity index (χ3v) is 11.2. The molecule has 0 unspecified atom stereocenters. The van der Waals surface area contributed by atoms with Gasteiger partial charge in [0.05, 0.1) is 10.4 Å². The van der Waals surface area contributed by atoms with Crippen LogP contribution in [0.4, 0.5) is 11.4 Å². The first-order valence-corrected chi connectivity index (χ1v) is 13.4. The molecular weight excluding hydrogens is 437 g/mol. The predicted octanol–water partition coefficient (Wildman–Crippen LogP) is 7.82. The van der Waals surface area contributed by atoms with Crippen LogP contribution in [0, 0.1) is 3.82 Å². The Balaban J connectivity index is 1.76. The van der Waals surface area contributed by atoms with Crippen LogP contribution in [0.1, 0.15) is 57.0 Å². The van der Waals surface area contributed by atoms with Crippen molar-refractivity contribution in [3.8, 4) is 11.1 Å². The van der Waals surface area contributed by atoms with Gasteiger partial charge in [0.2, 0.25) is 0 Å². The average molecular weight is 467 g/mol. The summed E-state index contributed by atoms with van der Waals surface area (Å²) in [6.45, 7) is 11.7. The van der Waals surface area contributed by atoms with Gasteiger partial charge in [0.25, 0.3) is 0 Å². The van der Waals surface area contributed by atoms with Gasteiger partial charge in [0.1, 0.15) is 3.82 Å². The molecule has 162 valence electrons. The van der Waals surface area contributed by atoms with Gasteiger partial charge in [-0.2, -0.15) is 0 Å². The minimum absolute atomic E-state index is 0.0475. The maximum Gasteiger partial charge on any atom is 0.110 e. The van der Waals surface area contributed by atoms with E-state index in [-0.39, 0.29) is 16.5 Å². The lowest BCUT2D eigenvalue weighted by atomic mass is 9.65. The molecule has 5 heteroatoms. The number of para-hydroxylation sites is 1. The highest BCUT2D eigenvalue weighted by atomic mass is 32.9. The van der Waals surface area contributed by atoms with Gasteiger partial charge >= 0.3 is 0 Å². The third kappa shape index (κ3) is 2.82. The first-order valence-electron chi connectivity index (χ1n) is 10.8. The molecule has 0 spiro atoms. The molecule has 5 rings (SSSR count). The van der Waals surface area contributed by atoms with E-state index in [1.165, 1.54) is 38.5 Å². The Labute approximate surface area is 198 Å². The molecule has 31 heavy (non-hydrogen) atoms. The van der Waals surface area contributed by atoms with Crippen LogP contribution in [0.2, 0.25) is 0 Å². The van der Waals surface area contributed by atoms with E-state index in [1.54, 1.807) is 10.3 Å². The van der Waals surface area contributed by atoms with E-state index < -0.39 is 0 Å². The van der Waals surface area contributed by atoms with Crippen molar-refractivity contribution in [2.75, 3.05) is 23.9 Å². The van der Waals surface area contributed by atoms with Gasteiger partial charge < -0.3 is 9.80 Å². The van der Waals surface area contributed by atoms with Gasteiger partial charge in [-0.25, -0.2) is 0 Å². The minimum Gasteiger partial charge on any atom is -0.369 e. The summed E-state index contributed by atoms with van der Waals surface area (Å²) in [5.41, 5.74) is 7.94. The average Bonchev–Trinajstić information content (AvgIpc) is 3.13. The Morgan fingerprint density at radius 2 is 1.58 bits per heavy atom. The highest BCUT2D eigenvalue weighted by Crippen LogP contribution is 2.54. The van der Waals surface area contributed by atoms with Gasteiger partial charge in [0.15, 0.2) is 0 Å². The molecule has 3 heterocycles. The zero-order valence-corrected chi connectivity index (χ0v) is 21.8. The molecule has 0 radical (unpaired) electrons. The van der Waals surface area contributed by atoms with Crippen molar-refractivity contribution >= 4 is 44.3 Å². The summed E-state index contributed by atoms with van der Waals surface area (Å²) < 4.78 is 1.02. The number of benzene rings is 2. The third-order valence-electron chi connectivity index (χ3n) is 7.84. The van der Waals surface area contributed by atoms with Crippen molar-refractivity contribution in [2.45, 2.75) is 57.5 Å². The molecule has 2 nitrogen and oxygen atoms in total. The summed E-state index contributed by atoms with van der Waals surface area (Å²) in [5.74, 6) is 0. The van der Waals surface area contributed by atoms with Crippen LogP contribution in [0.15, 0.2) is 42.5 Å². The lowest BCUT2D eigenvalue weighted by Gasteiger charge is -2.51. The topological polar surface area (TPSA) is 6.48 Å². The maximum absolute atomic E-state index is 5.84. The number of hydrogen-bond donors (Lipinski definition) is 0. The predicted molar refractivity (Wildman–Crippen MR) is 140 cm³/mol. The number of hydrogen-bond acceptors (Lipinski definition) is 5. The molecule has 1 atom stereocenters. The maximum atomic E-state index is 5.84. The summed E-state index contributed by atoms with van der Waals surface area (Å²) in [6.07, 6.45) is 1.06. The summed E-state index contributed by atoms with van der Waals surface area (Å²) in [5, 5.41) is 0. The van der Waals surface area contributed by atoms with Crippen LogP contribution in [0.3, 0.4) is 0 Å². The van der Waals surface area contributed by atoms with Crippen molar-refractivity contribution in [2.24, 2.45) is 0 Å². The smallest absolute Gasteiger partial charge is 0.110 e. The monoisotopic (exact) mass is 466 g/mol. The lowest BCUT2D eigenvalue weighted by Crippen LogP contribution is -2.51. The number of rotatable bonds is 1.